The molecule has 3 rings (SSSR count). The van der Waals surface area contributed by atoms with E-state index in [1.54, 1.807) is 24.5 Å². The van der Waals surface area contributed by atoms with Gasteiger partial charge >= 0.3 is 0 Å². The number of carbonyl (C=O) groups is 1. The van der Waals surface area contributed by atoms with Gasteiger partial charge in [-0.05, 0) is 17.7 Å². The molecule has 4 nitrogen and oxygen atoms in total. The van der Waals surface area contributed by atoms with Gasteiger partial charge in [-0.2, -0.15) is 0 Å². The van der Waals surface area contributed by atoms with E-state index < -0.39 is 0 Å². The van der Waals surface area contributed by atoms with Crippen LogP contribution in [0.2, 0.25) is 0 Å². The number of amides is 1. The Morgan fingerprint density at radius 1 is 1.05 bits per heavy atom. The SMILES string of the molecule is O=C(Nc1ncc(-c2ccccc2)s1)c1cccnc1. The standard InChI is InChI=1S/C15H11N3OS/c19-14(12-7-4-8-16-9-12)18-15-17-10-13(20-15)11-5-2-1-3-6-11/h1-10H,(H,17,18,19). The summed E-state index contributed by atoms with van der Waals surface area (Å²) in [6.45, 7) is 0. The van der Waals surface area contributed by atoms with Crippen molar-refractivity contribution in [2.75, 3.05) is 5.32 Å². The molecule has 5 heteroatoms. The topological polar surface area (TPSA) is 54.9 Å². The van der Waals surface area contributed by atoms with E-state index in [9.17, 15) is 4.79 Å². The first-order valence-corrected chi connectivity index (χ1v) is 6.87. The zero-order valence-corrected chi connectivity index (χ0v) is 11.3. The maximum Gasteiger partial charge on any atom is 0.259 e. The second-order valence-electron chi connectivity index (χ2n) is 4.09. The minimum absolute atomic E-state index is 0.202. The van der Waals surface area contributed by atoms with E-state index in [2.05, 4.69) is 15.3 Å². The quantitative estimate of drug-likeness (QED) is 0.800. The monoisotopic (exact) mass is 281 g/mol. The number of nitrogens with zero attached hydrogens (tertiary/aromatic N) is 2. The molecule has 0 atom stereocenters. The molecular weight excluding hydrogens is 270 g/mol. The summed E-state index contributed by atoms with van der Waals surface area (Å²) in [4.78, 5) is 21.1. The minimum Gasteiger partial charge on any atom is -0.298 e. The number of pyridine rings is 1. The number of anilines is 1. The normalized spacial score (nSPS) is 10.2. The summed E-state index contributed by atoms with van der Waals surface area (Å²) in [6.07, 6.45) is 4.92. The lowest BCUT2D eigenvalue weighted by Gasteiger charge is -2.00. The summed E-state index contributed by atoms with van der Waals surface area (Å²) in [5.74, 6) is -0.202. The zero-order chi connectivity index (χ0) is 13.8. The lowest BCUT2D eigenvalue weighted by atomic mass is 10.2. The van der Waals surface area contributed by atoms with Crippen LogP contribution in [-0.2, 0) is 0 Å². The molecular formula is C15H11N3OS. The summed E-state index contributed by atoms with van der Waals surface area (Å²) in [6, 6.07) is 13.4. The van der Waals surface area contributed by atoms with E-state index in [-0.39, 0.29) is 5.91 Å². The van der Waals surface area contributed by atoms with Crippen molar-refractivity contribution in [1.29, 1.82) is 0 Å². The summed E-state index contributed by atoms with van der Waals surface area (Å²) in [5.41, 5.74) is 1.61. The lowest BCUT2D eigenvalue weighted by molar-refractivity contribution is 0.102. The smallest absolute Gasteiger partial charge is 0.259 e. The van der Waals surface area contributed by atoms with Gasteiger partial charge in [-0.3, -0.25) is 15.1 Å². The molecule has 0 spiro atoms. The second kappa shape index (κ2) is 5.63. The van der Waals surface area contributed by atoms with E-state index >= 15 is 0 Å². The van der Waals surface area contributed by atoms with Crippen molar-refractivity contribution in [3.63, 3.8) is 0 Å². The van der Waals surface area contributed by atoms with Crippen molar-refractivity contribution in [2.45, 2.75) is 0 Å². The van der Waals surface area contributed by atoms with Crippen LogP contribution in [0.15, 0.2) is 61.1 Å². The minimum atomic E-state index is -0.202. The van der Waals surface area contributed by atoms with Gasteiger partial charge in [-0.25, -0.2) is 4.98 Å². The number of rotatable bonds is 3. The van der Waals surface area contributed by atoms with Gasteiger partial charge in [0.15, 0.2) is 5.13 Å². The summed E-state index contributed by atoms with van der Waals surface area (Å²) >= 11 is 1.45. The predicted molar refractivity (Wildman–Crippen MR) is 79.7 cm³/mol. The molecule has 0 unspecified atom stereocenters. The molecule has 20 heavy (non-hydrogen) atoms. The molecule has 2 heterocycles. The summed E-state index contributed by atoms with van der Waals surface area (Å²) in [5, 5.41) is 3.36. The Bertz CT molecular complexity index is 710. The van der Waals surface area contributed by atoms with Crippen molar-refractivity contribution in [1.82, 2.24) is 9.97 Å². The van der Waals surface area contributed by atoms with E-state index in [0.29, 0.717) is 10.7 Å². The molecule has 2 aromatic heterocycles. The van der Waals surface area contributed by atoms with Crippen LogP contribution < -0.4 is 5.32 Å². The third kappa shape index (κ3) is 2.73. The van der Waals surface area contributed by atoms with Crippen molar-refractivity contribution >= 4 is 22.4 Å². The van der Waals surface area contributed by atoms with Crippen LogP contribution in [0.5, 0.6) is 0 Å². The number of hydrogen-bond acceptors (Lipinski definition) is 4. The maximum atomic E-state index is 12.0. The molecule has 0 aliphatic carbocycles. The van der Waals surface area contributed by atoms with Crippen LogP contribution in [0, 0.1) is 0 Å². The third-order valence-corrected chi connectivity index (χ3v) is 3.67. The van der Waals surface area contributed by atoms with Crippen LogP contribution >= 0.6 is 11.3 Å². The molecule has 0 aliphatic rings. The largest absolute Gasteiger partial charge is 0.298 e. The highest BCUT2D eigenvalue weighted by atomic mass is 32.1. The van der Waals surface area contributed by atoms with Crippen molar-refractivity contribution in [3.05, 3.63) is 66.6 Å². The average Bonchev–Trinajstić information content (AvgIpc) is 2.97. The molecule has 1 amide bonds. The van der Waals surface area contributed by atoms with Gasteiger partial charge in [0.05, 0.1) is 10.4 Å². The van der Waals surface area contributed by atoms with Crippen LogP contribution in [0.25, 0.3) is 10.4 Å². The predicted octanol–water partition coefficient (Wildman–Crippen LogP) is 3.46. The van der Waals surface area contributed by atoms with Gasteiger partial charge < -0.3 is 0 Å². The van der Waals surface area contributed by atoms with Crippen LogP contribution in [0.4, 0.5) is 5.13 Å². The Morgan fingerprint density at radius 3 is 2.65 bits per heavy atom. The van der Waals surface area contributed by atoms with E-state index in [1.807, 2.05) is 30.3 Å². The van der Waals surface area contributed by atoms with Crippen molar-refractivity contribution < 1.29 is 4.79 Å². The first-order valence-electron chi connectivity index (χ1n) is 6.05. The number of thiazole rings is 1. The maximum absolute atomic E-state index is 12.0. The third-order valence-electron chi connectivity index (χ3n) is 2.71. The number of carbonyl (C=O) groups excluding carboxylic acids is 1. The first-order chi connectivity index (χ1) is 9.83. The first kappa shape index (κ1) is 12.5. The molecule has 1 N–H and O–H groups in total. The molecule has 0 bridgehead atoms. The Morgan fingerprint density at radius 2 is 1.90 bits per heavy atom. The summed E-state index contributed by atoms with van der Waals surface area (Å²) < 4.78 is 0. The highest BCUT2D eigenvalue weighted by Crippen LogP contribution is 2.28. The van der Waals surface area contributed by atoms with E-state index in [4.69, 9.17) is 0 Å². The van der Waals surface area contributed by atoms with Crippen LogP contribution in [0.1, 0.15) is 10.4 Å². The zero-order valence-electron chi connectivity index (χ0n) is 10.5. The Labute approximate surface area is 120 Å². The molecule has 98 valence electrons. The van der Waals surface area contributed by atoms with Crippen LogP contribution in [0.3, 0.4) is 0 Å². The number of nitrogens with one attached hydrogen (secondary N) is 1. The van der Waals surface area contributed by atoms with Crippen LogP contribution in [-0.4, -0.2) is 15.9 Å². The Hall–Kier alpha value is -2.53. The van der Waals surface area contributed by atoms with E-state index in [0.717, 1.165) is 10.4 Å². The molecule has 0 aliphatic heterocycles. The molecule has 0 radical (unpaired) electrons. The number of aromatic nitrogens is 2. The van der Waals surface area contributed by atoms with Gasteiger partial charge in [-0.15, -0.1) is 0 Å². The molecule has 0 fully saturated rings. The number of benzene rings is 1. The fourth-order valence-corrected chi connectivity index (χ4v) is 2.55. The highest BCUT2D eigenvalue weighted by Gasteiger charge is 2.09. The Kier molecular flexibility index (Phi) is 3.52. The van der Waals surface area contributed by atoms with Gasteiger partial charge in [0.2, 0.25) is 0 Å². The fourth-order valence-electron chi connectivity index (χ4n) is 1.73. The van der Waals surface area contributed by atoms with Gasteiger partial charge in [0, 0.05) is 18.6 Å². The number of hydrogen-bond donors (Lipinski definition) is 1. The molecule has 0 saturated heterocycles. The van der Waals surface area contributed by atoms with E-state index in [1.165, 1.54) is 17.5 Å². The lowest BCUT2D eigenvalue weighted by Crippen LogP contribution is -2.11. The summed E-state index contributed by atoms with van der Waals surface area (Å²) in [7, 11) is 0. The van der Waals surface area contributed by atoms with Gasteiger partial charge in [-0.1, -0.05) is 41.7 Å². The Balaban J connectivity index is 1.77. The van der Waals surface area contributed by atoms with Gasteiger partial charge in [0.25, 0.3) is 5.91 Å². The fraction of sp³-hybridized carbons (Fsp3) is 0. The highest BCUT2D eigenvalue weighted by molar-refractivity contribution is 7.19. The molecule has 3 aromatic rings. The molecule has 0 saturated carbocycles. The van der Waals surface area contributed by atoms with Crippen molar-refractivity contribution in [2.24, 2.45) is 0 Å². The van der Waals surface area contributed by atoms with Crippen molar-refractivity contribution in [3.8, 4) is 10.4 Å². The average molecular weight is 281 g/mol. The second-order valence-corrected chi connectivity index (χ2v) is 5.12. The molecule has 1 aromatic carbocycles. The van der Waals surface area contributed by atoms with Gasteiger partial charge in [0.1, 0.15) is 0 Å².